The number of hydrogen-bond acceptors (Lipinski definition) is 4. The predicted octanol–water partition coefficient (Wildman–Crippen LogP) is 3.66. The first kappa shape index (κ1) is 14.9. The largest absolute Gasteiger partial charge is 0.335 e. The molecular formula is C16H17FN4. The van der Waals surface area contributed by atoms with E-state index in [2.05, 4.69) is 21.6 Å². The van der Waals surface area contributed by atoms with Crippen LogP contribution >= 0.6 is 0 Å². The van der Waals surface area contributed by atoms with Gasteiger partial charge in [0, 0.05) is 0 Å². The van der Waals surface area contributed by atoms with Crippen molar-refractivity contribution in [3.63, 3.8) is 0 Å². The summed E-state index contributed by atoms with van der Waals surface area (Å²) >= 11 is 0. The standard InChI is InChI=1S/C16H17FN4/c1-4-11-12(9-18)16(21-20-14(11)5-2)19-15-8-10(3)6-7-13(15)17/h6-8H,4-5H2,1-3H3,(H,19,21). The molecule has 0 aliphatic carbocycles. The molecule has 0 saturated heterocycles. The molecule has 4 nitrogen and oxygen atoms in total. The fourth-order valence-corrected chi connectivity index (χ4v) is 2.24. The lowest BCUT2D eigenvalue weighted by molar-refractivity contribution is 0.631. The van der Waals surface area contributed by atoms with E-state index >= 15 is 0 Å². The molecule has 2 aromatic rings. The second-order valence-electron chi connectivity index (χ2n) is 4.78. The van der Waals surface area contributed by atoms with Gasteiger partial charge in [-0.2, -0.15) is 10.4 Å². The van der Waals surface area contributed by atoms with Crippen molar-refractivity contribution in [2.24, 2.45) is 0 Å². The molecular weight excluding hydrogens is 267 g/mol. The van der Waals surface area contributed by atoms with Crippen LogP contribution in [0.2, 0.25) is 0 Å². The van der Waals surface area contributed by atoms with Gasteiger partial charge in [0.1, 0.15) is 17.4 Å². The first-order valence-corrected chi connectivity index (χ1v) is 6.92. The summed E-state index contributed by atoms with van der Waals surface area (Å²) in [5, 5.41) is 20.5. The summed E-state index contributed by atoms with van der Waals surface area (Å²) in [5.74, 6) is -0.0834. The second-order valence-corrected chi connectivity index (χ2v) is 4.78. The van der Waals surface area contributed by atoms with Gasteiger partial charge in [0.15, 0.2) is 5.82 Å². The number of nitriles is 1. The first-order chi connectivity index (χ1) is 10.1. The van der Waals surface area contributed by atoms with E-state index in [0.29, 0.717) is 29.9 Å². The fraction of sp³-hybridized carbons (Fsp3) is 0.312. The molecule has 5 heteroatoms. The molecule has 0 aliphatic rings. The van der Waals surface area contributed by atoms with Crippen LogP contribution in [0.3, 0.4) is 0 Å². The lowest BCUT2D eigenvalue weighted by Crippen LogP contribution is -2.08. The summed E-state index contributed by atoms with van der Waals surface area (Å²) in [7, 11) is 0. The summed E-state index contributed by atoms with van der Waals surface area (Å²) in [6.07, 6.45) is 1.40. The third kappa shape index (κ3) is 3.00. The Labute approximate surface area is 123 Å². The van der Waals surface area contributed by atoms with Crippen molar-refractivity contribution in [1.82, 2.24) is 10.2 Å². The quantitative estimate of drug-likeness (QED) is 0.930. The van der Waals surface area contributed by atoms with E-state index in [1.54, 1.807) is 12.1 Å². The molecule has 0 aliphatic heterocycles. The van der Waals surface area contributed by atoms with Crippen LogP contribution in [0.4, 0.5) is 15.9 Å². The average Bonchev–Trinajstić information content (AvgIpc) is 2.50. The normalized spacial score (nSPS) is 10.2. The number of hydrogen-bond donors (Lipinski definition) is 1. The van der Waals surface area contributed by atoms with Crippen LogP contribution in [0.15, 0.2) is 18.2 Å². The Morgan fingerprint density at radius 2 is 2.00 bits per heavy atom. The number of anilines is 2. The van der Waals surface area contributed by atoms with Crippen molar-refractivity contribution >= 4 is 11.5 Å². The number of aryl methyl sites for hydroxylation is 2. The highest BCUT2D eigenvalue weighted by Crippen LogP contribution is 2.25. The number of benzene rings is 1. The summed E-state index contributed by atoms with van der Waals surface area (Å²) in [5.41, 5.74) is 3.33. The maximum atomic E-state index is 13.8. The number of nitrogens with zero attached hydrogens (tertiary/aromatic N) is 3. The van der Waals surface area contributed by atoms with Crippen LogP contribution in [-0.2, 0) is 12.8 Å². The van der Waals surface area contributed by atoms with Crippen LogP contribution in [0.1, 0.15) is 36.2 Å². The SMILES string of the molecule is CCc1nnc(Nc2cc(C)ccc2F)c(C#N)c1CC. The molecule has 0 radical (unpaired) electrons. The minimum atomic E-state index is -0.385. The number of rotatable bonds is 4. The third-order valence-electron chi connectivity index (χ3n) is 3.33. The molecule has 21 heavy (non-hydrogen) atoms. The van der Waals surface area contributed by atoms with Crippen LogP contribution in [-0.4, -0.2) is 10.2 Å². The highest BCUT2D eigenvalue weighted by molar-refractivity contribution is 5.65. The van der Waals surface area contributed by atoms with Crippen LogP contribution < -0.4 is 5.32 Å². The summed E-state index contributed by atoms with van der Waals surface area (Å²) in [6.45, 7) is 5.81. The Morgan fingerprint density at radius 3 is 2.62 bits per heavy atom. The maximum absolute atomic E-state index is 13.8. The van der Waals surface area contributed by atoms with Crippen molar-refractivity contribution in [2.45, 2.75) is 33.6 Å². The smallest absolute Gasteiger partial charge is 0.171 e. The molecule has 0 unspecified atom stereocenters. The summed E-state index contributed by atoms with van der Waals surface area (Å²) in [4.78, 5) is 0. The summed E-state index contributed by atoms with van der Waals surface area (Å²) in [6, 6.07) is 6.91. The van der Waals surface area contributed by atoms with Gasteiger partial charge in [-0.05, 0) is 43.0 Å². The van der Waals surface area contributed by atoms with Crippen LogP contribution in [0.25, 0.3) is 0 Å². The molecule has 1 N–H and O–H groups in total. The summed E-state index contributed by atoms with van der Waals surface area (Å²) < 4.78 is 13.8. The number of halogens is 1. The molecule has 0 amide bonds. The Bertz CT molecular complexity index is 704. The minimum absolute atomic E-state index is 0.298. The minimum Gasteiger partial charge on any atom is -0.335 e. The number of nitrogens with one attached hydrogen (secondary N) is 1. The zero-order chi connectivity index (χ0) is 15.4. The van der Waals surface area contributed by atoms with Crippen molar-refractivity contribution < 1.29 is 4.39 Å². The first-order valence-electron chi connectivity index (χ1n) is 6.92. The van der Waals surface area contributed by atoms with E-state index in [1.165, 1.54) is 6.07 Å². The van der Waals surface area contributed by atoms with Gasteiger partial charge in [0.2, 0.25) is 0 Å². The van der Waals surface area contributed by atoms with Gasteiger partial charge in [0.25, 0.3) is 0 Å². The van der Waals surface area contributed by atoms with Gasteiger partial charge in [-0.15, -0.1) is 5.10 Å². The van der Waals surface area contributed by atoms with Gasteiger partial charge in [-0.25, -0.2) is 4.39 Å². The molecule has 0 fully saturated rings. The zero-order valence-electron chi connectivity index (χ0n) is 12.4. The Kier molecular flexibility index (Phi) is 4.49. The van der Waals surface area contributed by atoms with Crippen LogP contribution in [0.5, 0.6) is 0 Å². The van der Waals surface area contributed by atoms with E-state index in [0.717, 1.165) is 16.8 Å². The van der Waals surface area contributed by atoms with E-state index in [-0.39, 0.29) is 5.82 Å². The Balaban J connectivity index is 2.50. The van der Waals surface area contributed by atoms with Crippen molar-refractivity contribution in [1.29, 1.82) is 5.26 Å². The molecule has 0 spiro atoms. The monoisotopic (exact) mass is 284 g/mol. The molecule has 1 aromatic heterocycles. The average molecular weight is 284 g/mol. The van der Waals surface area contributed by atoms with E-state index in [1.807, 2.05) is 20.8 Å². The Hall–Kier alpha value is -2.48. The predicted molar refractivity (Wildman–Crippen MR) is 79.9 cm³/mol. The molecule has 0 atom stereocenters. The van der Waals surface area contributed by atoms with E-state index < -0.39 is 0 Å². The van der Waals surface area contributed by atoms with Gasteiger partial charge in [-0.3, -0.25) is 0 Å². The highest BCUT2D eigenvalue weighted by atomic mass is 19.1. The lowest BCUT2D eigenvalue weighted by Gasteiger charge is -2.12. The molecule has 1 aromatic carbocycles. The lowest BCUT2D eigenvalue weighted by atomic mass is 10.0. The maximum Gasteiger partial charge on any atom is 0.171 e. The van der Waals surface area contributed by atoms with Crippen LogP contribution in [0, 0.1) is 24.1 Å². The van der Waals surface area contributed by atoms with Crippen molar-refractivity contribution in [3.05, 3.63) is 46.4 Å². The Morgan fingerprint density at radius 1 is 1.24 bits per heavy atom. The van der Waals surface area contributed by atoms with Crippen molar-refractivity contribution in [3.8, 4) is 6.07 Å². The number of aromatic nitrogens is 2. The van der Waals surface area contributed by atoms with Crippen molar-refractivity contribution in [2.75, 3.05) is 5.32 Å². The van der Waals surface area contributed by atoms with E-state index in [4.69, 9.17) is 0 Å². The van der Waals surface area contributed by atoms with Gasteiger partial charge >= 0.3 is 0 Å². The molecule has 108 valence electrons. The zero-order valence-corrected chi connectivity index (χ0v) is 12.4. The topological polar surface area (TPSA) is 61.6 Å². The van der Waals surface area contributed by atoms with Gasteiger partial charge < -0.3 is 5.32 Å². The molecule has 0 saturated carbocycles. The molecule has 0 bridgehead atoms. The van der Waals surface area contributed by atoms with Gasteiger partial charge in [-0.1, -0.05) is 19.9 Å². The highest BCUT2D eigenvalue weighted by Gasteiger charge is 2.15. The molecule has 1 heterocycles. The fourth-order valence-electron chi connectivity index (χ4n) is 2.24. The third-order valence-corrected chi connectivity index (χ3v) is 3.33. The molecule has 2 rings (SSSR count). The second kappa shape index (κ2) is 6.31. The van der Waals surface area contributed by atoms with Gasteiger partial charge in [0.05, 0.1) is 11.4 Å². The van der Waals surface area contributed by atoms with E-state index in [9.17, 15) is 9.65 Å².